The van der Waals surface area contributed by atoms with E-state index in [2.05, 4.69) is 10.1 Å². The summed E-state index contributed by atoms with van der Waals surface area (Å²) in [5.41, 5.74) is 1.74. The van der Waals surface area contributed by atoms with Crippen LogP contribution >= 0.6 is 11.3 Å². The highest BCUT2D eigenvalue weighted by Gasteiger charge is 2.43. The summed E-state index contributed by atoms with van der Waals surface area (Å²) in [4.78, 5) is 18.5. The summed E-state index contributed by atoms with van der Waals surface area (Å²) in [5.74, 6) is -1.38. The molecule has 1 saturated carbocycles. The van der Waals surface area contributed by atoms with E-state index in [1.807, 2.05) is 0 Å². The van der Waals surface area contributed by atoms with Gasteiger partial charge < -0.3 is 19.3 Å². The molecule has 2 saturated heterocycles. The Morgan fingerprint density at radius 1 is 1.11 bits per heavy atom. The van der Waals surface area contributed by atoms with Crippen molar-refractivity contribution < 1.29 is 27.9 Å². The second-order valence-corrected chi connectivity index (χ2v) is 11.4. The topological polar surface area (TPSA) is 88.7 Å². The van der Waals surface area contributed by atoms with Crippen LogP contribution in [-0.2, 0) is 11.3 Å². The van der Waals surface area contributed by atoms with Crippen molar-refractivity contribution in [3.05, 3.63) is 64.9 Å². The average Bonchev–Trinajstić information content (AvgIpc) is 3.42. The number of fused-ring (bicyclic) bond motifs is 3. The molecule has 4 aromatic rings. The number of nitrogens with zero attached hydrogens (tertiary/aromatic N) is 3. The summed E-state index contributed by atoms with van der Waals surface area (Å²) < 4.78 is 42.0. The fourth-order valence-corrected chi connectivity index (χ4v) is 7.13. The van der Waals surface area contributed by atoms with Gasteiger partial charge >= 0.3 is 5.97 Å². The zero-order valence-electron chi connectivity index (χ0n) is 20.4. The Kier molecular flexibility index (Phi) is 5.70. The SMILES string of the molecule is O=C(O)c1ccc2nc(N3[C@@H]4CC[C@H]3C[C@H](OCc3c(-c5c(F)cccc5F)noc3C3CC3)C4)sc2c1. The first-order chi connectivity index (χ1) is 18.5. The van der Waals surface area contributed by atoms with Crippen LogP contribution in [0, 0.1) is 11.6 Å². The summed E-state index contributed by atoms with van der Waals surface area (Å²) in [6.07, 6.45) is 5.65. The Hall–Kier alpha value is -3.37. The first kappa shape index (κ1) is 23.7. The minimum atomic E-state index is -0.946. The van der Waals surface area contributed by atoms with Gasteiger partial charge in [-0.1, -0.05) is 22.6 Å². The molecular weight excluding hydrogens is 512 g/mol. The van der Waals surface area contributed by atoms with Crippen LogP contribution in [0.5, 0.6) is 0 Å². The Balaban J connectivity index is 1.10. The normalized spacial score (nSPS) is 22.9. The van der Waals surface area contributed by atoms with Crippen molar-refractivity contribution in [3.8, 4) is 11.3 Å². The van der Waals surface area contributed by atoms with E-state index < -0.39 is 17.6 Å². The molecule has 1 N–H and O–H groups in total. The number of ether oxygens (including phenoxy) is 1. The molecule has 0 spiro atoms. The van der Waals surface area contributed by atoms with Gasteiger partial charge in [-0.05, 0) is 68.9 Å². The van der Waals surface area contributed by atoms with Crippen molar-refractivity contribution in [1.82, 2.24) is 10.1 Å². The number of hydrogen-bond donors (Lipinski definition) is 1. The Morgan fingerprint density at radius 3 is 2.53 bits per heavy atom. The van der Waals surface area contributed by atoms with Crippen molar-refractivity contribution in [2.75, 3.05) is 4.90 Å². The van der Waals surface area contributed by atoms with Crippen LogP contribution in [0.1, 0.15) is 66.1 Å². The summed E-state index contributed by atoms with van der Waals surface area (Å²) in [6.45, 7) is 0.196. The number of carbonyl (C=O) groups is 1. The lowest BCUT2D eigenvalue weighted by Crippen LogP contribution is -2.45. The van der Waals surface area contributed by atoms with Gasteiger partial charge in [0.15, 0.2) is 5.13 Å². The van der Waals surface area contributed by atoms with E-state index in [-0.39, 0.29) is 47.5 Å². The smallest absolute Gasteiger partial charge is 0.335 e. The maximum absolute atomic E-state index is 14.6. The quantitative estimate of drug-likeness (QED) is 0.287. The maximum Gasteiger partial charge on any atom is 0.335 e. The van der Waals surface area contributed by atoms with Crippen molar-refractivity contribution in [1.29, 1.82) is 0 Å². The Labute approximate surface area is 221 Å². The van der Waals surface area contributed by atoms with Crippen molar-refractivity contribution in [2.24, 2.45) is 0 Å². The van der Waals surface area contributed by atoms with Crippen LogP contribution in [0.3, 0.4) is 0 Å². The van der Waals surface area contributed by atoms with E-state index in [9.17, 15) is 18.7 Å². The van der Waals surface area contributed by atoms with Gasteiger partial charge in [0.05, 0.1) is 34.1 Å². The molecule has 2 aromatic carbocycles. The molecule has 2 aliphatic heterocycles. The van der Waals surface area contributed by atoms with E-state index in [0.717, 1.165) is 53.9 Å². The van der Waals surface area contributed by atoms with Crippen LogP contribution in [0.4, 0.5) is 13.9 Å². The summed E-state index contributed by atoms with van der Waals surface area (Å²) in [6, 6.07) is 9.38. The molecule has 2 bridgehead atoms. The molecule has 1 aliphatic carbocycles. The largest absolute Gasteiger partial charge is 0.478 e. The van der Waals surface area contributed by atoms with E-state index in [4.69, 9.17) is 14.2 Å². The van der Waals surface area contributed by atoms with E-state index in [1.54, 1.807) is 18.2 Å². The molecule has 3 fully saturated rings. The van der Waals surface area contributed by atoms with Crippen LogP contribution in [0.15, 0.2) is 40.9 Å². The van der Waals surface area contributed by atoms with Gasteiger partial charge in [-0.25, -0.2) is 18.6 Å². The molecule has 0 amide bonds. The van der Waals surface area contributed by atoms with Crippen molar-refractivity contribution >= 4 is 32.7 Å². The highest BCUT2D eigenvalue weighted by molar-refractivity contribution is 7.22. The number of aromatic nitrogens is 2. The Morgan fingerprint density at radius 2 is 1.84 bits per heavy atom. The minimum Gasteiger partial charge on any atom is -0.478 e. The number of carboxylic acid groups (broad SMARTS) is 1. The summed E-state index contributed by atoms with van der Waals surface area (Å²) in [5, 5.41) is 14.3. The molecule has 3 aliphatic rings. The second-order valence-electron chi connectivity index (χ2n) is 10.4. The van der Waals surface area contributed by atoms with Gasteiger partial charge in [0, 0.05) is 23.6 Å². The number of aromatic carboxylic acids is 1. The zero-order valence-corrected chi connectivity index (χ0v) is 21.2. The number of benzene rings is 2. The van der Waals surface area contributed by atoms with Crippen molar-refractivity contribution in [2.45, 2.75) is 69.2 Å². The van der Waals surface area contributed by atoms with Gasteiger partial charge in [-0.15, -0.1) is 0 Å². The third-order valence-electron chi connectivity index (χ3n) is 7.96. The highest BCUT2D eigenvalue weighted by Crippen LogP contribution is 2.46. The first-order valence-corrected chi connectivity index (χ1v) is 13.7. The monoisotopic (exact) mass is 537 g/mol. The van der Waals surface area contributed by atoms with E-state index >= 15 is 0 Å². The standard InChI is InChI=1S/C28H25F2N3O4S/c29-20-2-1-3-21(30)24(20)25-19(26(37-32-25)14-4-5-14)13-36-18-11-16-7-8-17(12-18)33(16)28-31-22-9-6-15(27(34)35)10-23(22)38-28/h1-3,6,9-10,14,16-18H,4-5,7-8,11-13H2,(H,34,35)/t16-,17+,18-. The maximum atomic E-state index is 14.6. The predicted octanol–water partition coefficient (Wildman–Crippen LogP) is 6.52. The lowest BCUT2D eigenvalue weighted by Gasteiger charge is -2.38. The fraction of sp³-hybridized carbons (Fsp3) is 0.393. The van der Waals surface area contributed by atoms with Crippen molar-refractivity contribution in [3.63, 3.8) is 0 Å². The third-order valence-corrected chi connectivity index (χ3v) is 9.00. The Bertz CT molecular complexity index is 1510. The predicted molar refractivity (Wildman–Crippen MR) is 138 cm³/mol. The molecule has 2 aromatic heterocycles. The van der Waals surface area contributed by atoms with Gasteiger partial charge in [-0.3, -0.25) is 0 Å². The second kappa shape index (κ2) is 9.13. The number of piperidine rings is 1. The van der Waals surface area contributed by atoms with E-state index in [0.29, 0.717) is 11.3 Å². The number of halogens is 2. The molecule has 7 nitrogen and oxygen atoms in total. The lowest BCUT2D eigenvalue weighted by molar-refractivity contribution is 0.0147. The van der Waals surface area contributed by atoms with Gasteiger partial charge in [0.1, 0.15) is 23.1 Å². The van der Waals surface area contributed by atoms with Crippen LogP contribution in [0.25, 0.3) is 21.5 Å². The number of rotatable bonds is 7. The van der Waals surface area contributed by atoms with Crippen LogP contribution < -0.4 is 4.90 Å². The minimum absolute atomic E-state index is 0.00277. The molecule has 7 rings (SSSR count). The first-order valence-electron chi connectivity index (χ1n) is 12.9. The number of anilines is 1. The fourth-order valence-electron chi connectivity index (χ4n) is 5.98. The summed E-state index contributed by atoms with van der Waals surface area (Å²) >= 11 is 1.53. The number of thiazole rings is 1. The van der Waals surface area contributed by atoms with E-state index in [1.165, 1.54) is 29.5 Å². The van der Waals surface area contributed by atoms with Gasteiger partial charge in [0.25, 0.3) is 0 Å². The molecule has 10 heteroatoms. The van der Waals surface area contributed by atoms with Gasteiger partial charge in [0.2, 0.25) is 0 Å². The van der Waals surface area contributed by atoms with Crippen LogP contribution in [-0.4, -0.2) is 39.4 Å². The molecule has 0 unspecified atom stereocenters. The average molecular weight is 538 g/mol. The number of carboxylic acids is 1. The molecule has 3 atom stereocenters. The molecule has 38 heavy (non-hydrogen) atoms. The molecular formula is C28H25F2N3O4S. The molecule has 196 valence electrons. The molecule has 0 radical (unpaired) electrons. The lowest BCUT2D eigenvalue weighted by atomic mass is 10.00. The highest BCUT2D eigenvalue weighted by atomic mass is 32.1. The number of hydrogen-bond acceptors (Lipinski definition) is 7. The van der Waals surface area contributed by atoms with Crippen LogP contribution in [0.2, 0.25) is 0 Å². The zero-order chi connectivity index (χ0) is 26.0. The third kappa shape index (κ3) is 4.06. The van der Waals surface area contributed by atoms with Gasteiger partial charge in [-0.2, -0.15) is 0 Å². The molecule has 4 heterocycles. The summed E-state index contributed by atoms with van der Waals surface area (Å²) in [7, 11) is 0.